The Morgan fingerprint density at radius 2 is 1.54 bits per heavy atom. The minimum atomic E-state index is -0.945. The summed E-state index contributed by atoms with van der Waals surface area (Å²) >= 11 is 0. The van der Waals surface area contributed by atoms with Gasteiger partial charge in [-0.05, 0) is 68.5 Å². The molecule has 124 valence electrons. The summed E-state index contributed by atoms with van der Waals surface area (Å²) < 4.78 is 0. The number of aryl methyl sites for hydroxylation is 3. The number of carbonyl (C=O) groups excluding carboxylic acids is 2. The summed E-state index contributed by atoms with van der Waals surface area (Å²) in [5.74, 6) is -0.447. The Kier molecular flexibility index (Phi) is 4.14. The fourth-order valence-corrected chi connectivity index (χ4v) is 2.77. The molecule has 24 heavy (non-hydrogen) atoms. The Balaban J connectivity index is 1.74. The SMILES string of the molecule is Cc1cccc(NC(=O)C2(C(=O)Nc3cc(C)ccc3C)CC2)c1. The van der Waals surface area contributed by atoms with Crippen LogP contribution in [0.4, 0.5) is 11.4 Å². The molecule has 0 bridgehead atoms. The van der Waals surface area contributed by atoms with Crippen molar-refractivity contribution in [2.75, 3.05) is 10.6 Å². The molecule has 0 atom stereocenters. The highest BCUT2D eigenvalue weighted by Crippen LogP contribution is 2.47. The molecule has 2 N–H and O–H groups in total. The predicted molar refractivity (Wildman–Crippen MR) is 96.0 cm³/mol. The second-order valence-corrected chi connectivity index (χ2v) is 6.68. The highest BCUT2D eigenvalue weighted by molar-refractivity contribution is 6.17. The Hall–Kier alpha value is -2.62. The molecule has 2 aromatic rings. The second-order valence-electron chi connectivity index (χ2n) is 6.68. The molecule has 0 spiro atoms. The number of rotatable bonds is 4. The second kappa shape index (κ2) is 6.11. The van der Waals surface area contributed by atoms with E-state index in [0.29, 0.717) is 12.8 Å². The van der Waals surface area contributed by atoms with Gasteiger partial charge in [-0.3, -0.25) is 9.59 Å². The third-order valence-corrected chi connectivity index (χ3v) is 4.54. The van der Waals surface area contributed by atoms with E-state index in [1.54, 1.807) is 0 Å². The van der Waals surface area contributed by atoms with Crippen LogP contribution < -0.4 is 10.6 Å². The van der Waals surface area contributed by atoms with Crippen LogP contribution in [0.3, 0.4) is 0 Å². The molecule has 2 amide bonds. The van der Waals surface area contributed by atoms with E-state index in [4.69, 9.17) is 0 Å². The van der Waals surface area contributed by atoms with Gasteiger partial charge < -0.3 is 10.6 Å². The number of carbonyl (C=O) groups is 2. The van der Waals surface area contributed by atoms with Gasteiger partial charge in [-0.1, -0.05) is 24.3 Å². The summed E-state index contributed by atoms with van der Waals surface area (Å²) in [5, 5.41) is 5.81. The fourth-order valence-electron chi connectivity index (χ4n) is 2.77. The van der Waals surface area contributed by atoms with Crippen LogP contribution in [0, 0.1) is 26.2 Å². The predicted octanol–water partition coefficient (Wildman–Crippen LogP) is 3.97. The number of benzene rings is 2. The van der Waals surface area contributed by atoms with Crippen LogP contribution in [0.5, 0.6) is 0 Å². The number of anilines is 2. The molecular weight excluding hydrogens is 300 g/mol. The minimum Gasteiger partial charge on any atom is -0.325 e. The average molecular weight is 322 g/mol. The molecule has 2 aromatic carbocycles. The van der Waals surface area contributed by atoms with E-state index < -0.39 is 5.41 Å². The van der Waals surface area contributed by atoms with E-state index in [1.807, 2.05) is 63.2 Å². The zero-order valence-corrected chi connectivity index (χ0v) is 14.3. The van der Waals surface area contributed by atoms with Crippen molar-refractivity contribution >= 4 is 23.2 Å². The molecule has 0 heterocycles. The van der Waals surface area contributed by atoms with E-state index in [1.165, 1.54) is 0 Å². The lowest BCUT2D eigenvalue weighted by Gasteiger charge is -2.17. The third kappa shape index (κ3) is 3.18. The molecule has 1 aliphatic rings. The largest absolute Gasteiger partial charge is 0.325 e. The molecule has 0 unspecified atom stereocenters. The number of hydrogen-bond acceptors (Lipinski definition) is 2. The first kappa shape index (κ1) is 16.2. The first-order chi connectivity index (χ1) is 11.4. The fraction of sp³-hybridized carbons (Fsp3) is 0.300. The van der Waals surface area contributed by atoms with Crippen molar-refractivity contribution in [1.29, 1.82) is 0 Å². The molecule has 1 fully saturated rings. The maximum Gasteiger partial charge on any atom is 0.240 e. The van der Waals surface area contributed by atoms with Crippen molar-refractivity contribution in [2.24, 2.45) is 5.41 Å². The van der Waals surface area contributed by atoms with Gasteiger partial charge in [0.15, 0.2) is 0 Å². The van der Waals surface area contributed by atoms with Gasteiger partial charge in [-0.2, -0.15) is 0 Å². The van der Waals surface area contributed by atoms with Crippen molar-refractivity contribution in [3.8, 4) is 0 Å². The normalized spacial score (nSPS) is 14.8. The Bertz CT molecular complexity index is 807. The topological polar surface area (TPSA) is 58.2 Å². The lowest BCUT2D eigenvalue weighted by molar-refractivity contribution is -0.131. The zero-order valence-electron chi connectivity index (χ0n) is 14.3. The molecule has 0 aromatic heterocycles. The summed E-state index contributed by atoms with van der Waals surface area (Å²) in [5.41, 5.74) is 3.69. The smallest absolute Gasteiger partial charge is 0.240 e. The van der Waals surface area contributed by atoms with Crippen LogP contribution in [0.15, 0.2) is 42.5 Å². The number of nitrogens with one attached hydrogen (secondary N) is 2. The molecule has 0 radical (unpaired) electrons. The van der Waals surface area contributed by atoms with E-state index in [9.17, 15) is 9.59 Å². The van der Waals surface area contributed by atoms with Crippen molar-refractivity contribution in [1.82, 2.24) is 0 Å². The first-order valence-corrected chi connectivity index (χ1v) is 8.17. The van der Waals surface area contributed by atoms with Crippen molar-refractivity contribution in [3.05, 3.63) is 59.2 Å². The Morgan fingerprint density at radius 3 is 2.21 bits per heavy atom. The average Bonchev–Trinajstić information content (AvgIpc) is 3.33. The quantitative estimate of drug-likeness (QED) is 0.837. The molecule has 0 saturated heterocycles. The summed E-state index contributed by atoms with van der Waals surface area (Å²) in [6.07, 6.45) is 1.17. The van der Waals surface area contributed by atoms with Crippen molar-refractivity contribution in [3.63, 3.8) is 0 Å². The van der Waals surface area contributed by atoms with Gasteiger partial charge in [-0.25, -0.2) is 0 Å². The van der Waals surface area contributed by atoms with Gasteiger partial charge in [-0.15, -0.1) is 0 Å². The van der Waals surface area contributed by atoms with E-state index in [2.05, 4.69) is 10.6 Å². The van der Waals surface area contributed by atoms with Crippen molar-refractivity contribution in [2.45, 2.75) is 33.6 Å². The van der Waals surface area contributed by atoms with Gasteiger partial charge in [0.05, 0.1) is 0 Å². The number of hydrogen-bond donors (Lipinski definition) is 2. The van der Waals surface area contributed by atoms with Crippen molar-refractivity contribution < 1.29 is 9.59 Å². The van der Waals surface area contributed by atoms with Crippen LogP contribution >= 0.6 is 0 Å². The molecule has 3 rings (SSSR count). The van der Waals surface area contributed by atoms with E-state index in [-0.39, 0.29) is 11.8 Å². The third-order valence-electron chi connectivity index (χ3n) is 4.54. The molecule has 1 saturated carbocycles. The molecule has 4 heteroatoms. The van der Waals surface area contributed by atoms with Gasteiger partial charge in [0.1, 0.15) is 5.41 Å². The van der Waals surface area contributed by atoms with E-state index in [0.717, 1.165) is 28.1 Å². The number of amides is 2. The molecule has 1 aliphatic carbocycles. The Labute approximate surface area is 142 Å². The summed E-state index contributed by atoms with van der Waals surface area (Å²) in [6, 6.07) is 13.5. The molecule has 4 nitrogen and oxygen atoms in total. The van der Waals surface area contributed by atoms with Crippen LogP contribution in [0.2, 0.25) is 0 Å². The maximum absolute atomic E-state index is 12.7. The summed E-state index contributed by atoms with van der Waals surface area (Å²) in [7, 11) is 0. The van der Waals surface area contributed by atoms with Gasteiger partial charge in [0.2, 0.25) is 11.8 Å². The van der Waals surface area contributed by atoms with Gasteiger partial charge in [0.25, 0.3) is 0 Å². The zero-order chi connectivity index (χ0) is 17.3. The summed E-state index contributed by atoms with van der Waals surface area (Å²) in [4.78, 5) is 25.3. The van der Waals surface area contributed by atoms with E-state index >= 15 is 0 Å². The highest BCUT2D eigenvalue weighted by atomic mass is 16.2. The van der Waals surface area contributed by atoms with Crippen LogP contribution in [0.25, 0.3) is 0 Å². The Morgan fingerprint density at radius 1 is 0.875 bits per heavy atom. The van der Waals surface area contributed by atoms with Crippen LogP contribution in [0.1, 0.15) is 29.5 Å². The summed E-state index contributed by atoms with van der Waals surface area (Å²) in [6.45, 7) is 5.89. The standard InChI is InChI=1S/C20H22N2O2/c1-13-5-4-6-16(11-13)21-18(23)20(9-10-20)19(24)22-17-12-14(2)7-8-15(17)3/h4-8,11-12H,9-10H2,1-3H3,(H,21,23)(H,22,24). The lowest BCUT2D eigenvalue weighted by atomic mass is 10.0. The lowest BCUT2D eigenvalue weighted by Crippen LogP contribution is -2.35. The van der Waals surface area contributed by atoms with Crippen LogP contribution in [-0.2, 0) is 9.59 Å². The highest BCUT2D eigenvalue weighted by Gasteiger charge is 2.56. The first-order valence-electron chi connectivity index (χ1n) is 8.17. The minimum absolute atomic E-state index is 0.221. The van der Waals surface area contributed by atoms with Crippen LogP contribution in [-0.4, -0.2) is 11.8 Å². The molecular formula is C20H22N2O2. The van der Waals surface area contributed by atoms with Gasteiger partial charge in [0, 0.05) is 11.4 Å². The monoisotopic (exact) mass is 322 g/mol. The maximum atomic E-state index is 12.7. The molecule has 0 aliphatic heterocycles. The van der Waals surface area contributed by atoms with Gasteiger partial charge >= 0.3 is 0 Å².